The molecule has 7 heteroatoms. The fourth-order valence-corrected chi connectivity index (χ4v) is 3.48. The molecule has 3 amide bonds. The van der Waals surface area contributed by atoms with Gasteiger partial charge < -0.3 is 25.0 Å². The van der Waals surface area contributed by atoms with Crippen molar-refractivity contribution in [3.63, 3.8) is 0 Å². The minimum Gasteiger partial charge on any atom is -0.454 e. The molecule has 2 aliphatic rings. The van der Waals surface area contributed by atoms with Crippen molar-refractivity contribution in [2.24, 2.45) is 5.92 Å². The second-order valence-corrected chi connectivity index (χ2v) is 6.99. The molecule has 0 saturated carbocycles. The average molecular weight is 381 g/mol. The van der Waals surface area contributed by atoms with Crippen molar-refractivity contribution in [3.05, 3.63) is 54.1 Å². The Kier molecular flexibility index (Phi) is 5.32. The number of amides is 3. The van der Waals surface area contributed by atoms with Crippen LogP contribution in [-0.4, -0.2) is 36.7 Å². The highest BCUT2D eigenvalue weighted by molar-refractivity contribution is 5.90. The molecule has 2 aromatic rings. The summed E-state index contributed by atoms with van der Waals surface area (Å²) in [5, 5.41) is 5.86. The lowest BCUT2D eigenvalue weighted by Gasteiger charge is -2.32. The zero-order valence-corrected chi connectivity index (χ0v) is 15.5. The van der Waals surface area contributed by atoms with Gasteiger partial charge in [-0.25, -0.2) is 4.79 Å². The van der Waals surface area contributed by atoms with Crippen LogP contribution in [0, 0.1) is 5.92 Å². The van der Waals surface area contributed by atoms with Gasteiger partial charge in [0, 0.05) is 25.3 Å². The van der Waals surface area contributed by atoms with Crippen molar-refractivity contribution >= 4 is 17.6 Å². The third-order valence-electron chi connectivity index (χ3n) is 5.01. The van der Waals surface area contributed by atoms with Crippen molar-refractivity contribution in [3.8, 4) is 11.5 Å². The van der Waals surface area contributed by atoms with Gasteiger partial charge in [0.25, 0.3) is 0 Å². The molecule has 2 aliphatic heterocycles. The summed E-state index contributed by atoms with van der Waals surface area (Å²) >= 11 is 0. The van der Waals surface area contributed by atoms with Crippen molar-refractivity contribution in [1.29, 1.82) is 0 Å². The Labute approximate surface area is 163 Å². The highest BCUT2D eigenvalue weighted by Crippen LogP contribution is 2.32. The molecule has 0 spiro atoms. The predicted molar refractivity (Wildman–Crippen MR) is 104 cm³/mol. The molecular weight excluding hydrogens is 358 g/mol. The lowest BCUT2D eigenvalue weighted by Crippen LogP contribution is -2.46. The van der Waals surface area contributed by atoms with Crippen LogP contribution < -0.4 is 20.1 Å². The Morgan fingerprint density at radius 2 is 1.89 bits per heavy atom. The smallest absolute Gasteiger partial charge is 0.321 e. The zero-order chi connectivity index (χ0) is 19.3. The summed E-state index contributed by atoms with van der Waals surface area (Å²) in [5.74, 6) is 1.19. The van der Waals surface area contributed by atoms with Crippen LogP contribution in [0.5, 0.6) is 11.5 Å². The third kappa shape index (κ3) is 4.19. The van der Waals surface area contributed by atoms with Crippen LogP contribution in [0.4, 0.5) is 10.5 Å². The number of rotatable bonds is 4. The molecule has 7 nitrogen and oxygen atoms in total. The first-order valence-electron chi connectivity index (χ1n) is 9.46. The summed E-state index contributed by atoms with van der Waals surface area (Å²) in [6.45, 7) is 1.73. The van der Waals surface area contributed by atoms with Crippen LogP contribution in [0.3, 0.4) is 0 Å². The molecule has 0 bridgehead atoms. The lowest BCUT2D eigenvalue weighted by molar-refractivity contribution is -0.126. The fraction of sp³-hybridized carbons (Fsp3) is 0.333. The first-order valence-corrected chi connectivity index (χ1v) is 9.46. The molecule has 2 heterocycles. The van der Waals surface area contributed by atoms with Gasteiger partial charge in [-0.2, -0.15) is 0 Å². The van der Waals surface area contributed by atoms with Crippen LogP contribution in [-0.2, 0) is 11.3 Å². The first kappa shape index (κ1) is 18.2. The van der Waals surface area contributed by atoms with Gasteiger partial charge in [-0.1, -0.05) is 24.3 Å². The molecule has 1 atom stereocenters. The maximum Gasteiger partial charge on any atom is 0.321 e. The van der Waals surface area contributed by atoms with Gasteiger partial charge in [-0.05, 0) is 42.7 Å². The van der Waals surface area contributed by atoms with E-state index in [0.717, 1.165) is 29.8 Å². The van der Waals surface area contributed by atoms with E-state index in [9.17, 15) is 9.59 Å². The monoisotopic (exact) mass is 381 g/mol. The number of likely N-dealkylation sites (tertiary alicyclic amines) is 1. The number of piperidine rings is 1. The fourth-order valence-electron chi connectivity index (χ4n) is 3.48. The third-order valence-corrected chi connectivity index (χ3v) is 5.01. The van der Waals surface area contributed by atoms with Crippen molar-refractivity contribution in [2.45, 2.75) is 19.4 Å². The van der Waals surface area contributed by atoms with Gasteiger partial charge in [-0.15, -0.1) is 0 Å². The predicted octanol–water partition coefficient (Wildman–Crippen LogP) is 2.98. The number of nitrogens with one attached hydrogen (secondary N) is 2. The van der Waals surface area contributed by atoms with Gasteiger partial charge in [-0.3, -0.25) is 4.79 Å². The standard InChI is InChI=1S/C21H23N3O4/c25-20(22-12-15-8-9-18-19(11-15)28-14-27-18)16-5-4-10-24(13-16)21(26)23-17-6-2-1-3-7-17/h1-3,6-9,11,16H,4-5,10,12-14H2,(H,22,25)(H,23,26)/t16-/m1/s1. The largest absolute Gasteiger partial charge is 0.454 e. The van der Waals surface area contributed by atoms with Gasteiger partial charge in [0.15, 0.2) is 11.5 Å². The van der Waals surface area contributed by atoms with E-state index in [0.29, 0.717) is 25.4 Å². The van der Waals surface area contributed by atoms with E-state index in [-0.39, 0.29) is 24.6 Å². The molecule has 1 saturated heterocycles. The number of benzene rings is 2. The van der Waals surface area contributed by atoms with E-state index in [1.54, 1.807) is 4.90 Å². The van der Waals surface area contributed by atoms with E-state index in [1.165, 1.54) is 0 Å². The molecule has 2 aromatic carbocycles. The zero-order valence-electron chi connectivity index (χ0n) is 15.5. The quantitative estimate of drug-likeness (QED) is 0.853. The molecule has 0 aromatic heterocycles. The molecule has 28 heavy (non-hydrogen) atoms. The SMILES string of the molecule is O=C(NCc1ccc2c(c1)OCO2)[C@@H]1CCCN(C(=O)Nc2ccccc2)C1. The Morgan fingerprint density at radius 3 is 2.75 bits per heavy atom. The van der Waals surface area contributed by atoms with Crippen LogP contribution in [0.15, 0.2) is 48.5 Å². The Balaban J connectivity index is 1.30. The summed E-state index contributed by atoms with van der Waals surface area (Å²) in [6.07, 6.45) is 1.59. The Morgan fingerprint density at radius 1 is 1.07 bits per heavy atom. The molecule has 1 fully saturated rings. The number of para-hydroxylation sites is 1. The summed E-state index contributed by atoms with van der Waals surface area (Å²) in [4.78, 5) is 26.8. The van der Waals surface area contributed by atoms with Gasteiger partial charge >= 0.3 is 6.03 Å². The summed E-state index contributed by atoms with van der Waals surface area (Å²) < 4.78 is 10.7. The van der Waals surface area contributed by atoms with E-state index in [2.05, 4.69) is 10.6 Å². The molecule has 4 rings (SSSR count). The van der Waals surface area contributed by atoms with Crippen LogP contribution in [0.2, 0.25) is 0 Å². The van der Waals surface area contributed by atoms with E-state index < -0.39 is 0 Å². The molecule has 0 radical (unpaired) electrons. The number of hydrogen-bond donors (Lipinski definition) is 2. The number of fused-ring (bicyclic) bond motifs is 1. The van der Waals surface area contributed by atoms with E-state index >= 15 is 0 Å². The van der Waals surface area contributed by atoms with E-state index in [1.807, 2.05) is 48.5 Å². The van der Waals surface area contributed by atoms with Crippen LogP contribution in [0.25, 0.3) is 0 Å². The van der Waals surface area contributed by atoms with Gasteiger partial charge in [0.2, 0.25) is 12.7 Å². The topological polar surface area (TPSA) is 79.9 Å². The Bertz CT molecular complexity index is 856. The lowest BCUT2D eigenvalue weighted by atomic mass is 9.97. The molecule has 0 unspecified atom stereocenters. The maximum absolute atomic E-state index is 12.6. The van der Waals surface area contributed by atoms with Crippen molar-refractivity contribution < 1.29 is 19.1 Å². The number of carbonyl (C=O) groups is 2. The number of ether oxygens (including phenoxy) is 2. The number of nitrogens with zero attached hydrogens (tertiary/aromatic N) is 1. The molecular formula is C21H23N3O4. The Hall–Kier alpha value is -3.22. The highest BCUT2D eigenvalue weighted by Gasteiger charge is 2.28. The minimum absolute atomic E-state index is 0.0325. The number of urea groups is 1. The number of carbonyl (C=O) groups excluding carboxylic acids is 2. The molecule has 146 valence electrons. The van der Waals surface area contributed by atoms with Crippen LogP contribution in [0.1, 0.15) is 18.4 Å². The maximum atomic E-state index is 12.6. The first-order chi connectivity index (χ1) is 13.7. The summed E-state index contributed by atoms with van der Waals surface area (Å²) in [6, 6.07) is 14.8. The number of anilines is 1. The van der Waals surface area contributed by atoms with E-state index in [4.69, 9.17) is 9.47 Å². The summed E-state index contributed by atoms with van der Waals surface area (Å²) in [5.41, 5.74) is 1.70. The van der Waals surface area contributed by atoms with Gasteiger partial charge in [0.1, 0.15) is 0 Å². The highest BCUT2D eigenvalue weighted by atomic mass is 16.7. The normalized spacial score (nSPS) is 17.9. The molecule has 0 aliphatic carbocycles. The van der Waals surface area contributed by atoms with Crippen molar-refractivity contribution in [1.82, 2.24) is 10.2 Å². The summed E-state index contributed by atoms with van der Waals surface area (Å²) in [7, 11) is 0. The van der Waals surface area contributed by atoms with Crippen LogP contribution >= 0.6 is 0 Å². The van der Waals surface area contributed by atoms with Crippen molar-refractivity contribution in [2.75, 3.05) is 25.2 Å². The molecule has 2 N–H and O–H groups in total. The minimum atomic E-state index is -0.204. The average Bonchev–Trinajstić information content (AvgIpc) is 3.20. The van der Waals surface area contributed by atoms with Gasteiger partial charge in [0.05, 0.1) is 5.92 Å². The second-order valence-electron chi connectivity index (χ2n) is 6.99. The second kappa shape index (κ2) is 8.21. The number of hydrogen-bond acceptors (Lipinski definition) is 4.